The summed E-state index contributed by atoms with van der Waals surface area (Å²) in [5, 5.41) is 0. The molecule has 1 saturated heterocycles. The second kappa shape index (κ2) is 7.03. The maximum absolute atomic E-state index is 12.8. The van der Waals surface area contributed by atoms with Gasteiger partial charge in [-0.3, -0.25) is 9.36 Å². The molecule has 146 valence electrons. The van der Waals surface area contributed by atoms with Crippen LogP contribution in [0.1, 0.15) is 16.2 Å². The molecule has 1 aromatic heterocycles. The second-order valence-corrected chi connectivity index (χ2v) is 8.88. The van der Waals surface area contributed by atoms with Crippen molar-refractivity contribution >= 4 is 26.8 Å². The standard InChI is InChI=1S/C20H21N3O4S/c1-14-21-18-8-3-15(20(24)22-9-11-27-12-10-22)13-19(18)23(14)16-4-6-17(7-5-16)28(2,25)26/h3-8,13H,9-12H2,1-2H3. The molecule has 2 heterocycles. The Balaban J connectivity index is 1.76. The minimum Gasteiger partial charge on any atom is -0.378 e. The molecule has 1 aliphatic heterocycles. The van der Waals surface area contributed by atoms with Crippen LogP contribution in [0.25, 0.3) is 16.7 Å². The fraction of sp³-hybridized carbons (Fsp3) is 0.300. The summed E-state index contributed by atoms with van der Waals surface area (Å²) in [6.45, 7) is 4.16. The third kappa shape index (κ3) is 3.41. The lowest BCUT2D eigenvalue weighted by Crippen LogP contribution is -2.40. The third-order valence-corrected chi connectivity index (χ3v) is 6.02. The van der Waals surface area contributed by atoms with Gasteiger partial charge in [-0.25, -0.2) is 13.4 Å². The Morgan fingerprint density at radius 2 is 1.75 bits per heavy atom. The van der Waals surface area contributed by atoms with E-state index in [0.717, 1.165) is 22.5 Å². The summed E-state index contributed by atoms with van der Waals surface area (Å²) in [6, 6.07) is 12.2. The van der Waals surface area contributed by atoms with E-state index in [1.807, 2.05) is 23.6 Å². The van der Waals surface area contributed by atoms with Gasteiger partial charge in [0.1, 0.15) is 5.82 Å². The molecule has 3 aromatic rings. The molecule has 0 spiro atoms. The number of hydrogen-bond acceptors (Lipinski definition) is 5. The maximum Gasteiger partial charge on any atom is 0.254 e. The molecule has 0 radical (unpaired) electrons. The molecule has 8 heteroatoms. The van der Waals surface area contributed by atoms with E-state index in [2.05, 4.69) is 4.98 Å². The molecule has 0 N–H and O–H groups in total. The van der Waals surface area contributed by atoms with Crippen LogP contribution in [-0.4, -0.2) is 61.3 Å². The zero-order valence-corrected chi connectivity index (χ0v) is 16.6. The molecule has 4 rings (SSSR count). The van der Waals surface area contributed by atoms with Gasteiger partial charge >= 0.3 is 0 Å². The number of carbonyl (C=O) groups excluding carboxylic acids is 1. The van der Waals surface area contributed by atoms with E-state index in [1.54, 1.807) is 35.2 Å². The molecule has 1 fully saturated rings. The van der Waals surface area contributed by atoms with Crippen molar-refractivity contribution in [3.63, 3.8) is 0 Å². The first-order valence-corrected chi connectivity index (χ1v) is 10.9. The van der Waals surface area contributed by atoms with Crippen molar-refractivity contribution in [2.24, 2.45) is 0 Å². The number of fused-ring (bicyclic) bond motifs is 1. The predicted molar refractivity (Wildman–Crippen MR) is 106 cm³/mol. The summed E-state index contributed by atoms with van der Waals surface area (Å²) in [6.07, 6.45) is 1.18. The predicted octanol–water partition coefficient (Wildman–Crippen LogP) is 2.21. The third-order valence-electron chi connectivity index (χ3n) is 4.89. The number of aromatic nitrogens is 2. The number of ether oxygens (including phenoxy) is 1. The second-order valence-electron chi connectivity index (χ2n) is 6.87. The average Bonchev–Trinajstić information content (AvgIpc) is 3.02. The van der Waals surface area contributed by atoms with E-state index < -0.39 is 9.84 Å². The van der Waals surface area contributed by atoms with Gasteiger partial charge < -0.3 is 9.64 Å². The number of rotatable bonds is 3. The molecule has 28 heavy (non-hydrogen) atoms. The Hall–Kier alpha value is -2.71. The highest BCUT2D eigenvalue weighted by Gasteiger charge is 2.20. The van der Waals surface area contributed by atoms with Crippen LogP contribution in [0, 0.1) is 6.92 Å². The van der Waals surface area contributed by atoms with Crippen molar-refractivity contribution in [1.29, 1.82) is 0 Å². The van der Waals surface area contributed by atoms with E-state index in [4.69, 9.17) is 4.74 Å². The van der Waals surface area contributed by atoms with Crippen LogP contribution < -0.4 is 0 Å². The Kier molecular flexibility index (Phi) is 4.68. The van der Waals surface area contributed by atoms with Gasteiger partial charge in [0, 0.05) is 30.6 Å². The van der Waals surface area contributed by atoms with Crippen LogP contribution in [0.3, 0.4) is 0 Å². The molecular formula is C20H21N3O4S. The first-order valence-electron chi connectivity index (χ1n) is 9.01. The molecule has 0 unspecified atom stereocenters. The number of hydrogen-bond donors (Lipinski definition) is 0. The number of nitrogens with zero attached hydrogens (tertiary/aromatic N) is 3. The highest BCUT2D eigenvalue weighted by Crippen LogP contribution is 2.24. The summed E-state index contributed by atoms with van der Waals surface area (Å²) in [5.41, 5.74) is 2.98. The van der Waals surface area contributed by atoms with Gasteiger partial charge in [0.15, 0.2) is 9.84 Å². The van der Waals surface area contributed by atoms with Crippen molar-refractivity contribution in [3.8, 4) is 5.69 Å². The van der Waals surface area contributed by atoms with Crippen LogP contribution >= 0.6 is 0 Å². The quantitative estimate of drug-likeness (QED) is 0.674. The van der Waals surface area contributed by atoms with Gasteiger partial charge in [-0.1, -0.05) is 0 Å². The average molecular weight is 399 g/mol. The molecule has 1 aliphatic rings. The van der Waals surface area contributed by atoms with Crippen molar-refractivity contribution in [2.45, 2.75) is 11.8 Å². The van der Waals surface area contributed by atoms with Gasteiger partial charge in [0.05, 0.1) is 29.1 Å². The lowest BCUT2D eigenvalue weighted by molar-refractivity contribution is 0.0303. The highest BCUT2D eigenvalue weighted by molar-refractivity contribution is 7.90. The topological polar surface area (TPSA) is 81.5 Å². The summed E-state index contributed by atoms with van der Waals surface area (Å²) in [5.74, 6) is 0.737. The van der Waals surface area contributed by atoms with Gasteiger partial charge in [-0.2, -0.15) is 0 Å². The minimum absolute atomic E-state index is 0.0250. The first kappa shape index (κ1) is 18.6. The first-order chi connectivity index (χ1) is 13.3. The SMILES string of the molecule is Cc1nc2ccc(C(=O)N3CCOCC3)cc2n1-c1ccc(S(C)(=O)=O)cc1. The van der Waals surface area contributed by atoms with Crippen molar-refractivity contribution in [2.75, 3.05) is 32.6 Å². The highest BCUT2D eigenvalue weighted by atomic mass is 32.2. The van der Waals surface area contributed by atoms with Crippen LogP contribution in [0.15, 0.2) is 47.4 Å². The fourth-order valence-electron chi connectivity index (χ4n) is 3.45. The van der Waals surface area contributed by atoms with Crippen LogP contribution in [-0.2, 0) is 14.6 Å². The molecule has 0 atom stereocenters. The molecule has 0 aliphatic carbocycles. The number of morpholine rings is 1. The lowest BCUT2D eigenvalue weighted by Gasteiger charge is -2.26. The maximum atomic E-state index is 12.8. The molecule has 2 aromatic carbocycles. The number of imidazole rings is 1. The number of aryl methyl sites for hydroxylation is 1. The summed E-state index contributed by atoms with van der Waals surface area (Å²) in [4.78, 5) is 19.5. The smallest absolute Gasteiger partial charge is 0.254 e. The van der Waals surface area contributed by atoms with E-state index in [0.29, 0.717) is 31.9 Å². The van der Waals surface area contributed by atoms with Crippen molar-refractivity contribution in [3.05, 3.63) is 53.9 Å². The summed E-state index contributed by atoms with van der Waals surface area (Å²) >= 11 is 0. The zero-order chi connectivity index (χ0) is 19.9. The Labute approximate surface area is 163 Å². The Morgan fingerprint density at radius 1 is 1.07 bits per heavy atom. The van der Waals surface area contributed by atoms with Crippen LogP contribution in [0.5, 0.6) is 0 Å². The lowest BCUT2D eigenvalue weighted by atomic mass is 10.1. The summed E-state index contributed by atoms with van der Waals surface area (Å²) < 4.78 is 30.7. The molecule has 0 saturated carbocycles. The Bertz CT molecular complexity index is 1140. The van der Waals surface area contributed by atoms with Crippen LogP contribution in [0.4, 0.5) is 0 Å². The summed E-state index contributed by atoms with van der Waals surface area (Å²) in [7, 11) is -3.26. The molecule has 0 bridgehead atoms. The fourth-order valence-corrected chi connectivity index (χ4v) is 4.08. The van der Waals surface area contributed by atoms with E-state index in [-0.39, 0.29) is 10.8 Å². The van der Waals surface area contributed by atoms with E-state index in [9.17, 15) is 13.2 Å². The number of carbonyl (C=O) groups is 1. The number of benzene rings is 2. The normalized spacial score (nSPS) is 15.1. The minimum atomic E-state index is -3.26. The number of amides is 1. The molecular weight excluding hydrogens is 378 g/mol. The van der Waals surface area contributed by atoms with Gasteiger partial charge in [0.25, 0.3) is 5.91 Å². The van der Waals surface area contributed by atoms with Gasteiger partial charge in [0.2, 0.25) is 0 Å². The zero-order valence-electron chi connectivity index (χ0n) is 15.8. The number of sulfone groups is 1. The monoisotopic (exact) mass is 399 g/mol. The molecule has 7 nitrogen and oxygen atoms in total. The van der Waals surface area contributed by atoms with Crippen molar-refractivity contribution < 1.29 is 17.9 Å². The van der Waals surface area contributed by atoms with Gasteiger partial charge in [-0.05, 0) is 49.4 Å². The largest absolute Gasteiger partial charge is 0.378 e. The van der Waals surface area contributed by atoms with Gasteiger partial charge in [-0.15, -0.1) is 0 Å². The Morgan fingerprint density at radius 3 is 2.39 bits per heavy atom. The van der Waals surface area contributed by atoms with E-state index >= 15 is 0 Å². The van der Waals surface area contributed by atoms with Crippen LogP contribution in [0.2, 0.25) is 0 Å². The van der Waals surface area contributed by atoms with Crippen molar-refractivity contribution in [1.82, 2.24) is 14.5 Å². The van der Waals surface area contributed by atoms with E-state index in [1.165, 1.54) is 6.26 Å². The molecule has 1 amide bonds.